The van der Waals surface area contributed by atoms with E-state index in [9.17, 15) is 13.2 Å². The van der Waals surface area contributed by atoms with E-state index in [1.54, 1.807) is 0 Å². The molecule has 0 bridgehead atoms. The Morgan fingerprint density at radius 2 is 2.20 bits per heavy atom. The van der Waals surface area contributed by atoms with Gasteiger partial charge in [-0.3, -0.25) is 4.79 Å². The Labute approximate surface area is 125 Å². The highest BCUT2D eigenvalue weighted by Gasteiger charge is 2.16. The first-order valence-corrected chi connectivity index (χ1v) is 8.61. The first kappa shape index (κ1) is 15.2. The summed E-state index contributed by atoms with van der Waals surface area (Å²) < 4.78 is 26.7. The number of rotatable bonds is 5. The van der Waals surface area contributed by atoms with Gasteiger partial charge in [0, 0.05) is 17.6 Å². The van der Waals surface area contributed by atoms with E-state index in [-0.39, 0.29) is 16.5 Å². The normalized spacial score (nSPS) is 11.7. The summed E-state index contributed by atoms with van der Waals surface area (Å²) in [5, 5.41) is 1.78. The summed E-state index contributed by atoms with van der Waals surface area (Å²) in [5.74, 6) is 0. The van der Waals surface area contributed by atoms with Gasteiger partial charge < -0.3 is 4.98 Å². The smallest absolute Gasteiger partial charge is 0.266 e. The van der Waals surface area contributed by atoms with Crippen LogP contribution in [-0.4, -0.2) is 13.4 Å². The van der Waals surface area contributed by atoms with Crippen LogP contribution in [0.3, 0.4) is 0 Å². The highest BCUT2D eigenvalue weighted by atomic mass is 35.5. The molecule has 0 saturated carbocycles. The van der Waals surface area contributed by atoms with E-state index < -0.39 is 15.6 Å². The Hall–Kier alpha value is -1.15. The fraction of sp³-hybridized carbons (Fsp3) is 0.250. The lowest BCUT2D eigenvalue weighted by Crippen LogP contribution is -2.24. The molecule has 0 unspecified atom stereocenters. The summed E-state index contributed by atoms with van der Waals surface area (Å²) >= 11 is 7.14. The van der Waals surface area contributed by atoms with Crippen molar-refractivity contribution >= 4 is 33.0 Å². The topological polar surface area (TPSA) is 79.0 Å². The van der Waals surface area contributed by atoms with Crippen LogP contribution in [0.15, 0.2) is 33.4 Å². The second-order valence-corrected chi connectivity index (χ2v) is 7.23. The zero-order chi connectivity index (χ0) is 14.8. The first-order chi connectivity index (χ1) is 9.44. The Morgan fingerprint density at radius 3 is 2.85 bits per heavy atom. The second kappa shape index (κ2) is 6.09. The van der Waals surface area contributed by atoms with Crippen molar-refractivity contribution in [2.75, 3.05) is 0 Å². The number of hydrogen-bond acceptors (Lipinski definition) is 4. The maximum absolute atomic E-state index is 12.1. The molecule has 0 amide bonds. The summed E-state index contributed by atoms with van der Waals surface area (Å²) in [7, 11) is -3.70. The third-order valence-electron chi connectivity index (χ3n) is 2.78. The summed E-state index contributed by atoms with van der Waals surface area (Å²) in [6, 6.07) is 3.11. The molecule has 0 spiro atoms. The number of hydrogen-bond donors (Lipinski definition) is 2. The number of H-pyrrole nitrogens is 1. The maximum Gasteiger partial charge on any atom is 0.266 e. The number of pyridine rings is 1. The van der Waals surface area contributed by atoms with Crippen molar-refractivity contribution in [3.8, 4) is 0 Å². The molecule has 0 atom stereocenters. The summed E-state index contributed by atoms with van der Waals surface area (Å²) in [6.45, 7) is 2.24. The van der Waals surface area contributed by atoms with E-state index in [4.69, 9.17) is 11.6 Å². The monoisotopic (exact) mass is 332 g/mol. The molecule has 0 aliphatic carbocycles. The third-order valence-corrected chi connectivity index (χ3v) is 5.41. The van der Waals surface area contributed by atoms with E-state index in [1.807, 2.05) is 18.4 Å². The highest BCUT2D eigenvalue weighted by Crippen LogP contribution is 2.18. The van der Waals surface area contributed by atoms with Gasteiger partial charge in [-0.05, 0) is 29.5 Å². The molecule has 108 valence electrons. The van der Waals surface area contributed by atoms with E-state index in [1.165, 1.54) is 11.3 Å². The van der Waals surface area contributed by atoms with Gasteiger partial charge in [0.15, 0.2) is 0 Å². The first-order valence-electron chi connectivity index (χ1n) is 5.87. The van der Waals surface area contributed by atoms with Crippen molar-refractivity contribution in [3.63, 3.8) is 0 Å². The fourth-order valence-electron chi connectivity index (χ4n) is 1.67. The molecule has 2 N–H and O–H groups in total. The molecule has 8 heteroatoms. The number of sulfonamides is 1. The van der Waals surface area contributed by atoms with E-state index >= 15 is 0 Å². The van der Waals surface area contributed by atoms with E-state index in [2.05, 4.69) is 9.71 Å². The average molecular weight is 333 g/mol. The Bertz CT molecular complexity index is 765. The quantitative estimate of drug-likeness (QED) is 0.880. The standard InChI is InChI=1S/C12H13ClN2O3S2/c1-2-8-3-4-19-11(8)7-15-20(17,18)9-5-10(13)12(16)14-6-9/h3-6,15H,2,7H2,1H3,(H,14,16). The predicted octanol–water partition coefficient (Wildman–Crippen LogP) is 2.13. The number of thiophene rings is 1. The Balaban J connectivity index is 2.19. The van der Waals surface area contributed by atoms with Crippen LogP contribution >= 0.6 is 22.9 Å². The van der Waals surface area contributed by atoms with Crippen LogP contribution in [0.5, 0.6) is 0 Å². The lowest BCUT2D eigenvalue weighted by Gasteiger charge is -2.07. The molecule has 20 heavy (non-hydrogen) atoms. The fourth-order valence-corrected chi connectivity index (χ4v) is 3.91. The third kappa shape index (κ3) is 3.29. The van der Waals surface area contributed by atoms with Crippen LogP contribution in [0.2, 0.25) is 5.02 Å². The van der Waals surface area contributed by atoms with Gasteiger partial charge in [-0.15, -0.1) is 11.3 Å². The highest BCUT2D eigenvalue weighted by molar-refractivity contribution is 7.89. The lowest BCUT2D eigenvalue weighted by atomic mass is 10.2. The van der Waals surface area contributed by atoms with Crippen LogP contribution in [0.25, 0.3) is 0 Å². The van der Waals surface area contributed by atoms with Gasteiger partial charge in [-0.1, -0.05) is 18.5 Å². The van der Waals surface area contributed by atoms with Crippen molar-refractivity contribution in [1.29, 1.82) is 0 Å². The molecule has 0 aromatic carbocycles. The minimum atomic E-state index is -3.70. The SMILES string of the molecule is CCc1ccsc1CNS(=O)(=O)c1c[nH]c(=O)c(Cl)c1. The maximum atomic E-state index is 12.1. The number of aromatic nitrogens is 1. The zero-order valence-corrected chi connectivity index (χ0v) is 13.0. The molecular weight excluding hydrogens is 320 g/mol. The Kier molecular flexibility index (Phi) is 4.64. The molecule has 0 aliphatic rings. The predicted molar refractivity (Wildman–Crippen MR) is 79.8 cm³/mol. The lowest BCUT2D eigenvalue weighted by molar-refractivity contribution is 0.581. The van der Waals surface area contributed by atoms with Gasteiger partial charge in [0.05, 0.1) is 4.90 Å². The number of halogens is 1. The van der Waals surface area contributed by atoms with Crippen molar-refractivity contribution in [3.05, 3.63) is 49.5 Å². The molecule has 2 aromatic heterocycles. The van der Waals surface area contributed by atoms with Crippen LogP contribution in [-0.2, 0) is 23.0 Å². The van der Waals surface area contributed by atoms with Gasteiger partial charge in [0.25, 0.3) is 5.56 Å². The molecule has 5 nitrogen and oxygen atoms in total. The van der Waals surface area contributed by atoms with Gasteiger partial charge >= 0.3 is 0 Å². The van der Waals surface area contributed by atoms with Crippen LogP contribution in [0.4, 0.5) is 0 Å². The molecule has 0 radical (unpaired) electrons. The van der Waals surface area contributed by atoms with Crippen LogP contribution in [0, 0.1) is 0 Å². The van der Waals surface area contributed by atoms with Crippen LogP contribution in [0.1, 0.15) is 17.4 Å². The summed E-state index contributed by atoms with van der Waals surface area (Å²) in [5.41, 5.74) is 0.606. The summed E-state index contributed by atoms with van der Waals surface area (Å²) in [6.07, 6.45) is 1.98. The molecule has 2 aromatic rings. The minimum absolute atomic E-state index is 0.0586. The Morgan fingerprint density at radius 1 is 1.45 bits per heavy atom. The van der Waals surface area contributed by atoms with Crippen molar-refractivity contribution in [2.45, 2.75) is 24.8 Å². The van der Waals surface area contributed by atoms with Crippen molar-refractivity contribution < 1.29 is 8.42 Å². The van der Waals surface area contributed by atoms with Gasteiger partial charge in [-0.2, -0.15) is 0 Å². The van der Waals surface area contributed by atoms with Crippen LogP contribution < -0.4 is 10.3 Å². The average Bonchev–Trinajstić information content (AvgIpc) is 2.87. The van der Waals surface area contributed by atoms with Crippen molar-refractivity contribution in [1.82, 2.24) is 9.71 Å². The summed E-state index contributed by atoms with van der Waals surface area (Å²) in [4.78, 5) is 14.3. The minimum Gasteiger partial charge on any atom is -0.326 e. The van der Waals surface area contributed by atoms with Gasteiger partial charge in [-0.25, -0.2) is 13.1 Å². The van der Waals surface area contributed by atoms with E-state index in [0.717, 1.165) is 29.1 Å². The van der Waals surface area contributed by atoms with Crippen molar-refractivity contribution in [2.24, 2.45) is 0 Å². The molecule has 2 heterocycles. The number of nitrogens with one attached hydrogen (secondary N) is 2. The zero-order valence-electron chi connectivity index (χ0n) is 10.6. The van der Waals surface area contributed by atoms with Gasteiger partial charge in [0.2, 0.25) is 10.0 Å². The van der Waals surface area contributed by atoms with Gasteiger partial charge in [0.1, 0.15) is 5.02 Å². The largest absolute Gasteiger partial charge is 0.326 e. The molecule has 0 fully saturated rings. The second-order valence-electron chi connectivity index (χ2n) is 4.06. The molecule has 0 aliphatic heterocycles. The number of aryl methyl sites for hydroxylation is 1. The van der Waals surface area contributed by atoms with E-state index in [0.29, 0.717) is 0 Å². The number of aromatic amines is 1. The molecule has 2 rings (SSSR count). The molecular formula is C12H13ClN2O3S2. The molecule has 0 saturated heterocycles.